The predicted octanol–water partition coefficient (Wildman–Crippen LogP) is 3.22. The molecule has 2 aliphatic heterocycles. The molecule has 2 heterocycles. The first kappa shape index (κ1) is 14.9. The lowest BCUT2D eigenvalue weighted by molar-refractivity contribution is -0.140. The maximum atomic E-state index is 5.44. The van der Waals surface area contributed by atoms with Gasteiger partial charge in [-0.25, -0.2) is 0 Å². The third kappa shape index (κ3) is 5.58. The molecule has 0 N–H and O–H groups in total. The highest BCUT2D eigenvalue weighted by atomic mass is 79.9. The van der Waals surface area contributed by atoms with Gasteiger partial charge in [-0.15, -0.1) is 0 Å². The number of halogens is 1. The van der Waals surface area contributed by atoms with E-state index in [4.69, 9.17) is 18.9 Å². The SMILES string of the molecule is BrC1CCOCO1.c1ccc(C2CCOCO2)cc1. The number of rotatable bonds is 1. The summed E-state index contributed by atoms with van der Waals surface area (Å²) in [5, 5.41) is 0.223. The minimum Gasteiger partial charge on any atom is -0.355 e. The lowest BCUT2D eigenvalue weighted by Crippen LogP contribution is -2.17. The van der Waals surface area contributed by atoms with Crippen LogP contribution in [0.15, 0.2) is 30.3 Å². The van der Waals surface area contributed by atoms with Gasteiger partial charge in [0.15, 0.2) is 0 Å². The highest BCUT2D eigenvalue weighted by Crippen LogP contribution is 2.23. The van der Waals surface area contributed by atoms with Crippen LogP contribution in [-0.2, 0) is 18.9 Å². The first-order valence-electron chi connectivity index (χ1n) is 6.44. The van der Waals surface area contributed by atoms with E-state index in [0.29, 0.717) is 13.6 Å². The molecule has 0 saturated carbocycles. The monoisotopic (exact) mass is 330 g/mol. The molecule has 2 aliphatic rings. The molecule has 1 aromatic carbocycles. The van der Waals surface area contributed by atoms with Crippen LogP contribution in [0.3, 0.4) is 0 Å². The Hall–Kier alpha value is -0.460. The van der Waals surface area contributed by atoms with Gasteiger partial charge >= 0.3 is 0 Å². The summed E-state index contributed by atoms with van der Waals surface area (Å²) in [6.07, 6.45) is 2.16. The number of ether oxygens (including phenoxy) is 4. The average Bonchev–Trinajstić information content (AvgIpc) is 2.51. The van der Waals surface area contributed by atoms with Gasteiger partial charge in [-0.3, -0.25) is 0 Å². The molecule has 0 aromatic heterocycles. The van der Waals surface area contributed by atoms with Gasteiger partial charge in [0.2, 0.25) is 0 Å². The van der Waals surface area contributed by atoms with Crippen LogP contribution in [0.1, 0.15) is 24.5 Å². The van der Waals surface area contributed by atoms with Gasteiger partial charge in [-0.2, -0.15) is 0 Å². The molecule has 3 rings (SSSR count). The number of hydrogen-bond donors (Lipinski definition) is 0. The largest absolute Gasteiger partial charge is 0.355 e. The average molecular weight is 331 g/mol. The molecule has 4 nitrogen and oxygen atoms in total. The fraction of sp³-hybridized carbons (Fsp3) is 0.571. The number of alkyl halides is 1. The third-order valence-electron chi connectivity index (χ3n) is 2.87. The van der Waals surface area contributed by atoms with E-state index in [9.17, 15) is 0 Å². The highest BCUT2D eigenvalue weighted by molar-refractivity contribution is 9.09. The Bertz CT molecular complexity index is 335. The van der Waals surface area contributed by atoms with Crippen molar-refractivity contribution in [2.75, 3.05) is 26.8 Å². The van der Waals surface area contributed by atoms with Gasteiger partial charge < -0.3 is 18.9 Å². The molecule has 1 aromatic rings. The minimum atomic E-state index is 0.223. The second-order valence-electron chi connectivity index (χ2n) is 4.27. The molecule has 0 bridgehead atoms. The van der Waals surface area contributed by atoms with Crippen LogP contribution >= 0.6 is 15.9 Å². The molecule has 0 spiro atoms. The third-order valence-corrected chi connectivity index (χ3v) is 3.59. The summed E-state index contributed by atoms with van der Waals surface area (Å²) in [7, 11) is 0. The molecule has 0 amide bonds. The fourth-order valence-electron chi connectivity index (χ4n) is 1.83. The molecule has 2 saturated heterocycles. The molecule has 0 radical (unpaired) electrons. The van der Waals surface area contributed by atoms with Crippen molar-refractivity contribution < 1.29 is 18.9 Å². The first-order chi connectivity index (χ1) is 9.36. The van der Waals surface area contributed by atoms with E-state index in [0.717, 1.165) is 26.1 Å². The zero-order valence-corrected chi connectivity index (χ0v) is 12.4. The summed E-state index contributed by atoms with van der Waals surface area (Å²) in [6, 6.07) is 10.3. The van der Waals surface area contributed by atoms with E-state index >= 15 is 0 Å². The van der Waals surface area contributed by atoms with E-state index in [-0.39, 0.29) is 11.1 Å². The number of benzene rings is 1. The molecular weight excluding hydrogens is 312 g/mol. The summed E-state index contributed by atoms with van der Waals surface area (Å²) in [5.41, 5.74) is 1.25. The van der Waals surface area contributed by atoms with Crippen LogP contribution in [0.4, 0.5) is 0 Å². The molecule has 106 valence electrons. The van der Waals surface area contributed by atoms with Gasteiger partial charge in [0.1, 0.15) is 18.6 Å². The second kappa shape index (κ2) is 8.66. The quantitative estimate of drug-likeness (QED) is 0.741. The smallest absolute Gasteiger partial charge is 0.148 e. The first-order valence-corrected chi connectivity index (χ1v) is 7.35. The van der Waals surface area contributed by atoms with Crippen molar-refractivity contribution in [3.8, 4) is 0 Å². The van der Waals surface area contributed by atoms with Crippen LogP contribution < -0.4 is 0 Å². The van der Waals surface area contributed by atoms with E-state index < -0.39 is 0 Å². The summed E-state index contributed by atoms with van der Waals surface area (Å²) in [6.45, 7) is 2.49. The van der Waals surface area contributed by atoms with Crippen LogP contribution in [0.2, 0.25) is 0 Å². The second-order valence-corrected chi connectivity index (χ2v) is 5.29. The molecular formula is C14H19BrO4. The van der Waals surface area contributed by atoms with Crippen molar-refractivity contribution in [2.45, 2.75) is 24.0 Å². The van der Waals surface area contributed by atoms with Crippen molar-refractivity contribution >= 4 is 15.9 Å². The maximum Gasteiger partial charge on any atom is 0.148 e. The molecule has 0 aliphatic carbocycles. The molecule has 2 unspecified atom stereocenters. The summed E-state index contributed by atoms with van der Waals surface area (Å²) < 4.78 is 20.4. The summed E-state index contributed by atoms with van der Waals surface area (Å²) in [4.78, 5) is 0. The summed E-state index contributed by atoms with van der Waals surface area (Å²) in [5.74, 6) is 0. The van der Waals surface area contributed by atoms with E-state index in [1.807, 2.05) is 18.2 Å². The van der Waals surface area contributed by atoms with Crippen molar-refractivity contribution in [3.63, 3.8) is 0 Å². The van der Waals surface area contributed by atoms with Gasteiger partial charge in [-0.05, 0) is 5.56 Å². The zero-order chi connectivity index (χ0) is 13.3. The van der Waals surface area contributed by atoms with Crippen LogP contribution in [-0.4, -0.2) is 31.8 Å². The Morgan fingerprint density at radius 2 is 1.58 bits per heavy atom. The molecule has 2 fully saturated rings. The van der Waals surface area contributed by atoms with Gasteiger partial charge in [0, 0.05) is 12.8 Å². The predicted molar refractivity (Wildman–Crippen MR) is 74.9 cm³/mol. The van der Waals surface area contributed by atoms with Crippen LogP contribution in [0.25, 0.3) is 0 Å². The Balaban J connectivity index is 0.000000163. The standard InChI is InChI=1S/C10H12O2.C4H7BrO2/c1-2-4-9(5-3-1)10-6-7-11-8-12-10;5-4-1-2-6-3-7-4/h1-5,10H,6-8H2;4H,1-3H2. The Kier molecular flexibility index (Phi) is 6.81. The van der Waals surface area contributed by atoms with E-state index in [1.54, 1.807) is 0 Å². The molecule has 19 heavy (non-hydrogen) atoms. The fourth-order valence-corrected chi connectivity index (χ4v) is 2.13. The Labute approximate surface area is 122 Å². The van der Waals surface area contributed by atoms with Crippen molar-refractivity contribution in [2.24, 2.45) is 0 Å². The van der Waals surface area contributed by atoms with E-state index in [2.05, 4.69) is 28.1 Å². The lowest BCUT2D eigenvalue weighted by Gasteiger charge is -2.22. The van der Waals surface area contributed by atoms with Crippen molar-refractivity contribution in [1.82, 2.24) is 0 Å². The van der Waals surface area contributed by atoms with E-state index in [1.165, 1.54) is 5.56 Å². The topological polar surface area (TPSA) is 36.9 Å². The van der Waals surface area contributed by atoms with Gasteiger partial charge in [0.05, 0.1) is 19.3 Å². The van der Waals surface area contributed by atoms with Gasteiger partial charge in [-0.1, -0.05) is 46.3 Å². The Morgan fingerprint density at radius 3 is 2.05 bits per heavy atom. The number of hydrogen-bond acceptors (Lipinski definition) is 4. The highest BCUT2D eigenvalue weighted by Gasteiger charge is 2.15. The van der Waals surface area contributed by atoms with Crippen LogP contribution in [0.5, 0.6) is 0 Å². The zero-order valence-electron chi connectivity index (χ0n) is 10.8. The van der Waals surface area contributed by atoms with Crippen molar-refractivity contribution in [3.05, 3.63) is 35.9 Å². The maximum absolute atomic E-state index is 5.44. The van der Waals surface area contributed by atoms with Crippen LogP contribution in [0, 0.1) is 0 Å². The normalized spacial score (nSPS) is 27.2. The molecule has 2 atom stereocenters. The minimum absolute atomic E-state index is 0.223. The summed E-state index contributed by atoms with van der Waals surface area (Å²) >= 11 is 3.29. The lowest BCUT2D eigenvalue weighted by atomic mass is 10.1. The Morgan fingerprint density at radius 1 is 0.895 bits per heavy atom. The molecule has 5 heteroatoms. The van der Waals surface area contributed by atoms with Gasteiger partial charge in [0.25, 0.3) is 0 Å². The van der Waals surface area contributed by atoms with Crippen molar-refractivity contribution in [1.29, 1.82) is 0 Å².